The number of anilines is 1. The Morgan fingerprint density at radius 2 is 1.97 bits per heavy atom. The van der Waals surface area contributed by atoms with Gasteiger partial charge in [-0.1, -0.05) is 12.1 Å². The van der Waals surface area contributed by atoms with Crippen LogP contribution in [0.25, 0.3) is 0 Å². The van der Waals surface area contributed by atoms with E-state index in [9.17, 15) is 19.2 Å². The van der Waals surface area contributed by atoms with Crippen LogP contribution >= 0.6 is 0 Å². The minimum atomic E-state index is -0.974. The number of carbonyl (C=O) groups is 4. The Morgan fingerprint density at radius 3 is 2.81 bits per heavy atom. The summed E-state index contributed by atoms with van der Waals surface area (Å²) in [5.74, 6) is -1.17. The zero-order valence-corrected chi connectivity index (χ0v) is 17.3. The third-order valence-corrected chi connectivity index (χ3v) is 5.95. The molecule has 3 heterocycles. The fourth-order valence-electron chi connectivity index (χ4n) is 4.35. The molecule has 1 atom stereocenters. The number of ether oxygens (including phenoxy) is 1. The number of hydrogen-bond acceptors (Lipinski definition) is 7. The molecule has 0 radical (unpaired) electrons. The maximum Gasteiger partial charge on any atom is 0.262 e. The molecule has 0 spiro atoms. The minimum Gasteiger partial charge on any atom is -0.492 e. The highest BCUT2D eigenvalue weighted by molar-refractivity contribution is 6.24. The molecule has 3 aliphatic rings. The van der Waals surface area contributed by atoms with E-state index in [0.717, 1.165) is 28.4 Å². The summed E-state index contributed by atoms with van der Waals surface area (Å²) in [5, 5.41) is 8.83. The third kappa shape index (κ3) is 3.50. The van der Waals surface area contributed by atoms with Gasteiger partial charge in [0.1, 0.15) is 18.4 Å². The van der Waals surface area contributed by atoms with Crippen LogP contribution < -0.4 is 20.7 Å². The Kier molecular flexibility index (Phi) is 5.10. The largest absolute Gasteiger partial charge is 0.492 e. The lowest BCUT2D eigenvalue weighted by Gasteiger charge is -2.27. The Hall–Kier alpha value is -3.72. The molecule has 0 bridgehead atoms. The Balaban J connectivity index is 1.37. The van der Waals surface area contributed by atoms with Crippen LogP contribution in [0.3, 0.4) is 0 Å². The summed E-state index contributed by atoms with van der Waals surface area (Å²) in [6.45, 7) is 2.45. The number of nitrogens with zero attached hydrogens (tertiary/aromatic N) is 1. The number of imide groups is 2. The van der Waals surface area contributed by atoms with E-state index in [2.05, 4.69) is 16.0 Å². The molecule has 2 aromatic carbocycles. The molecule has 0 aromatic heterocycles. The van der Waals surface area contributed by atoms with Crippen LogP contribution in [0.2, 0.25) is 0 Å². The van der Waals surface area contributed by atoms with Crippen LogP contribution in [0.4, 0.5) is 5.69 Å². The highest BCUT2D eigenvalue weighted by Crippen LogP contribution is 2.31. The van der Waals surface area contributed by atoms with Crippen LogP contribution in [-0.4, -0.2) is 47.7 Å². The molecule has 1 fully saturated rings. The molecule has 4 amide bonds. The number of nitrogens with one attached hydrogen (secondary N) is 3. The molecule has 3 aliphatic heterocycles. The van der Waals surface area contributed by atoms with E-state index in [4.69, 9.17) is 4.74 Å². The smallest absolute Gasteiger partial charge is 0.262 e. The predicted molar refractivity (Wildman–Crippen MR) is 114 cm³/mol. The zero-order chi connectivity index (χ0) is 22.2. The normalized spacial score (nSPS) is 20.2. The molecule has 164 valence electrons. The predicted octanol–water partition coefficient (Wildman–Crippen LogP) is 1.18. The lowest BCUT2D eigenvalue weighted by atomic mass is 10.0. The van der Waals surface area contributed by atoms with Crippen molar-refractivity contribution < 1.29 is 23.9 Å². The summed E-state index contributed by atoms with van der Waals surface area (Å²) in [5.41, 5.74) is 3.15. The number of amides is 4. The van der Waals surface area contributed by atoms with Gasteiger partial charge in [0, 0.05) is 37.3 Å². The van der Waals surface area contributed by atoms with Crippen LogP contribution in [-0.2, 0) is 22.7 Å². The van der Waals surface area contributed by atoms with E-state index in [1.54, 1.807) is 18.2 Å². The molecule has 9 heteroatoms. The Bertz CT molecular complexity index is 1150. The molecule has 0 saturated carbocycles. The van der Waals surface area contributed by atoms with E-state index in [-0.39, 0.29) is 18.4 Å². The van der Waals surface area contributed by atoms with Crippen LogP contribution in [0.1, 0.15) is 44.7 Å². The van der Waals surface area contributed by atoms with Crippen molar-refractivity contribution in [3.8, 4) is 5.75 Å². The number of benzene rings is 2. The number of piperidine rings is 1. The van der Waals surface area contributed by atoms with Gasteiger partial charge >= 0.3 is 0 Å². The van der Waals surface area contributed by atoms with E-state index in [0.29, 0.717) is 30.8 Å². The molecule has 0 aliphatic carbocycles. The lowest BCUT2D eigenvalue weighted by molar-refractivity contribution is -0.136. The van der Waals surface area contributed by atoms with Crippen molar-refractivity contribution in [3.63, 3.8) is 0 Å². The summed E-state index contributed by atoms with van der Waals surface area (Å²) in [4.78, 5) is 50.8. The second-order valence-electron chi connectivity index (χ2n) is 7.99. The second kappa shape index (κ2) is 8.08. The molecular weight excluding hydrogens is 412 g/mol. The van der Waals surface area contributed by atoms with E-state index < -0.39 is 29.7 Å². The van der Waals surface area contributed by atoms with Crippen molar-refractivity contribution in [1.29, 1.82) is 0 Å². The van der Waals surface area contributed by atoms with Crippen molar-refractivity contribution in [1.82, 2.24) is 15.5 Å². The van der Waals surface area contributed by atoms with Gasteiger partial charge in [0.25, 0.3) is 11.8 Å². The Labute approximate surface area is 184 Å². The van der Waals surface area contributed by atoms with Gasteiger partial charge in [-0.15, -0.1) is 0 Å². The first-order valence-electron chi connectivity index (χ1n) is 10.6. The molecule has 2 aromatic rings. The van der Waals surface area contributed by atoms with E-state index in [1.165, 1.54) is 0 Å². The first-order valence-corrected chi connectivity index (χ1v) is 10.6. The summed E-state index contributed by atoms with van der Waals surface area (Å²) >= 11 is 0. The van der Waals surface area contributed by atoms with Gasteiger partial charge in [-0.2, -0.15) is 0 Å². The molecule has 5 rings (SSSR count). The van der Waals surface area contributed by atoms with Gasteiger partial charge in [-0.05, 0) is 36.2 Å². The van der Waals surface area contributed by atoms with Crippen LogP contribution in [0.15, 0.2) is 36.4 Å². The first kappa shape index (κ1) is 20.2. The first-order chi connectivity index (χ1) is 15.5. The van der Waals surface area contributed by atoms with Crippen molar-refractivity contribution in [2.45, 2.75) is 32.0 Å². The van der Waals surface area contributed by atoms with Crippen molar-refractivity contribution in [2.75, 3.05) is 18.5 Å². The monoisotopic (exact) mass is 434 g/mol. The zero-order valence-electron chi connectivity index (χ0n) is 17.3. The van der Waals surface area contributed by atoms with Gasteiger partial charge in [0.2, 0.25) is 11.8 Å². The van der Waals surface area contributed by atoms with Crippen molar-refractivity contribution in [2.24, 2.45) is 0 Å². The topological polar surface area (TPSA) is 117 Å². The summed E-state index contributed by atoms with van der Waals surface area (Å²) in [6, 6.07) is 9.96. The van der Waals surface area contributed by atoms with E-state index in [1.807, 2.05) is 18.2 Å². The molecule has 32 heavy (non-hydrogen) atoms. The highest BCUT2D eigenvalue weighted by Gasteiger charge is 2.45. The maximum absolute atomic E-state index is 13.2. The SMILES string of the molecule is O=C1CCC(N2C(=O)c3cccc(CNc4ccc5c(c4)CNCCO5)c3C2=O)C(=O)N1. The summed E-state index contributed by atoms with van der Waals surface area (Å²) in [7, 11) is 0. The van der Waals surface area contributed by atoms with Gasteiger partial charge in [0.15, 0.2) is 0 Å². The molecular formula is C23H22N4O5. The lowest BCUT2D eigenvalue weighted by Crippen LogP contribution is -2.54. The van der Waals surface area contributed by atoms with Gasteiger partial charge in [-0.3, -0.25) is 29.4 Å². The number of fused-ring (bicyclic) bond motifs is 2. The standard InChI is InChI=1S/C23H22N4O5/c28-19-7-5-17(21(29)26-19)27-22(30)16-3-1-2-13(20(16)23(27)31)12-25-15-4-6-18-14(10-15)11-24-8-9-32-18/h1-4,6,10,17,24-25H,5,7-9,11-12H2,(H,26,28,29). The summed E-state index contributed by atoms with van der Waals surface area (Å²) in [6.07, 6.45) is 0.226. The van der Waals surface area contributed by atoms with Crippen molar-refractivity contribution in [3.05, 3.63) is 58.7 Å². The average Bonchev–Trinajstić information content (AvgIpc) is 2.94. The molecule has 1 saturated heterocycles. The van der Waals surface area contributed by atoms with Crippen LogP contribution in [0.5, 0.6) is 5.75 Å². The van der Waals surface area contributed by atoms with Crippen LogP contribution in [0, 0.1) is 0 Å². The van der Waals surface area contributed by atoms with E-state index >= 15 is 0 Å². The maximum atomic E-state index is 13.2. The quantitative estimate of drug-likeness (QED) is 0.619. The number of hydrogen-bond donors (Lipinski definition) is 3. The fourth-order valence-corrected chi connectivity index (χ4v) is 4.35. The van der Waals surface area contributed by atoms with Gasteiger partial charge in [-0.25, -0.2) is 0 Å². The number of carbonyl (C=O) groups excluding carboxylic acids is 4. The van der Waals surface area contributed by atoms with Gasteiger partial charge in [0.05, 0.1) is 11.1 Å². The molecule has 3 N–H and O–H groups in total. The van der Waals surface area contributed by atoms with Gasteiger partial charge < -0.3 is 15.4 Å². The minimum absolute atomic E-state index is 0.0924. The molecule has 1 unspecified atom stereocenters. The molecule has 9 nitrogen and oxygen atoms in total. The number of rotatable bonds is 4. The third-order valence-electron chi connectivity index (χ3n) is 5.95. The fraction of sp³-hybridized carbons (Fsp3) is 0.304. The highest BCUT2D eigenvalue weighted by atomic mass is 16.5. The Morgan fingerprint density at radius 1 is 1.09 bits per heavy atom. The summed E-state index contributed by atoms with van der Waals surface area (Å²) < 4.78 is 5.71. The van der Waals surface area contributed by atoms with Crippen molar-refractivity contribution >= 4 is 29.3 Å². The average molecular weight is 434 g/mol. The second-order valence-corrected chi connectivity index (χ2v) is 7.99.